The predicted molar refractivity (Wildman–Crippen MR) is 144 cm³/mol. The highest BCUT2D eigenvalue weighted by atomic mass is 35.5. The molecular weight excluding hydrogens is 498 g/mol. The zero-order valence-corrected chi connectivity index (χ0v) is 22.8. The molecule has 3 rings (SSSR count). The minimum atomic E-state index is -3.75. The van der Waals surface area contributed by atoms with E-state index in [1.807, 2.05) is 25.1 Å². The quantitative estimate of drug-likeness (QED) is 0.486. The number of benzene rings is 2. The third kappa shape index (κ3) is 7.71. The zero-order chi connectivity index (χ0) is 26.3. The van der Waals surface area contributed by atoms with Gasteiger partial charge in [0.15, 0.2) is 0 Å². The number of hydrogen-bond donors (Lipinski definition) is 1. The van der Waals surface area contributed by atoms with Crippen LogP contribution in [0.4, 0.5) is 5.69 Å². The number of halogens is 1. The van der Waals surface area contributed by atoms with Crippen molar-refractivity contribution in [1.82, 2.24) is 10.2 Å². The smallest absolute Gasteiger partial charge is 0.244 e. The first kappa shape index (κ1) is 28.0. The lowest BCUT2D eigenvalue weighted by molar-refractivity contribution is -0.139. The van der Waals surface area contributed by atoms with Crippen LogP contribution < -0.4 is 9.62 Å². The van der Waals surface area contributed by atoms with Gasteiger partial charge in [-0.05, 0) is 61.6 Å². The molecule has 1 aliphatic carbocycles. The molecule has 9 heteroatoms. The average Bonchev–Trinajstić information content (AvgIpc) is 2.85. The van der Waals surface area contributed by atoms with Crippen molar-refractivity contribution in [3.63, 3.8) is 0 Å². The maximum absolute atomic E-state index is 13.6. The second kappa shape index (κ2) is 12.6. The SMILES string of the molecule is CCc1ccc(N(CC(=O)N(Cc2cccc(Cl)c2)C(C)C(=O)NC2CCCCC2)S(C)(=O)=O)cc1. The van der Waals surface area contributed by atoms with Crippen LogP contribution in [0.2, 0.25) is 5.02 Å². The Morgan fingerprint density at radius 3 is 2.31 bits per heavy atom. The van der Waals surface area contributed by atoms with E-state index >= 15 is 0 Å². The van der Waals surface area contributed by atoms with Gasteiger partial charge in [-0.1, -0.05) is 62.1 Å². The molecule has 2 aromatic rings. The van der Waals surface area contributed by atoms with E-state index in [1.54, 1.807) is 37.3 Å². The molecule has 196 valence electrons. The van der Waals surface area contributed by atoms with Crippen molar-refractivity contribution in [3.8, 4) is 0 Å². The second-order valence-electron chi connectivity index (χ2n) is 9.46. The van der Waals surface area contributed by atoms with Gasteiger partial charge in [-0.3, -0.25) is 13.9 Å². The Hall–Kier alpha value is -2.58. The first-order valence-electron chi connectivity index (χ1n) is 12.5. The Labute approximate surface area is 219 Å². The summed E-state index contributed by atoms with van der Waals surface area (Å²) in [6.07, 6.45) is 7.07. The summed E-state index contributed by atoms with van der Waals surface area (Å²) < 4.78 is 26.4. The number of amides is 2. The molecule has 0 bridgehead atoms. The highest BCUT2D eigenvalue weighted by molar-refractivity contribution is 7.92. The molecule has 2 amide bonds. The topological polar surface area (TPSA) is 86.8 Å². The minimum absolute atomic E-state index is 0.0985. The Morgan fingerprint density at radius 1 is 1.06 bits per heavy atom. The van der Waals surface area contributed by atoms with Crippen LogP contribution in [0.5, 0.6) is 0 Å². The summed E-state index contributed by atoms with van der Waals surface area (Å²) in [5.74, 6) is -0.707. The van der Waals surface area contributed by atoms with Gasteiger partial charge < -0.3 is 10.2 Å². The third-order valence-electron chi connectivity index (χ3n) is 6.67. The Balaban J connectivity index is 1.86. The molecule has 0 spiro atoms. The summed E-state index contributed by atoms with van der Waals surface area (Å²) in [4.78, 5) is 28.2. The van der Waals surface area contributed by atoms with E-state index in [2.05, 4.69) is 5.32 Å². The van der Waals surface area contributed by atoms with Crippen LogP contribution in [0.15, 0.2) is 48.5 Å². The molecule has 1 unspecified atom stereocenters. The minimum Gasteiger partial charge on any atom is -0.352 e. The van der Waals surface area contributed by atoms with Crippen molar-refractivity contribution in [3.05, 3.63) is 64.7 Å². The van der Waals surface area contributed by atoms with Gasteiger partial charge in [0.05, 0.1) is 11.9 Å². The molecule has 1 N–H and O–H groups in total. The lowest BCUT2D eigenvalue weighted by Crippen LogP contribution is -2.52. The van der Waals surface area contributed by atoms with Crippen LogP contribution in [-0.4, -0.2) is 50.0 Å². The molecular formula is C27H36ClN3O4S. The standard InChI is InChI=1S/C27H36ClN3O4S/c1-4-21-13-15-25(16-14-21)31(36(3,34)35)19-26(32)30(18-22-9-8-10-23(28)17-22)20(2)27(33)29-24-11-6-5-7-12-24/h8-10,13-17,20,24H,4-7,11-12,18-19H2,1-3H3,(H,29,33). The third-order valence-corrected chi connectivity index (χ3v) is 8.05. The lowest BCUT2D eigenvalue weighted by Gasteiger charge is -2.33. The van der Waals surface area contributed by atoms with E-state index in [-0.39, 0.29) is 18.5 Å². The van der Waals surface area contributed by atoms with E-state index in [0.29, 0.717) is 10.7 Å². The van der Waals surface area contributed by atoms with Crippen molar-refractivity contribution in [2.75, 3.05) is 17.1 Å². The Morgan fingerprint density at radius 2 is 1.72 bits per heavy atom. The molecule has 0 heterocycles. The van der Waals surface area contributed by atoms with Crippen LogP contribution in [-0.2, 0) is 32.6 Å². The molecule has 1 aliphatic rings. The van der Waals surface area contributed by atoms with E-state index in [0.717, 1.165) is 53.8 Å². The molecule has 1 fully saturated rings. The van der Waals surface area contributed by atoms with Crippen LogP contribution >= 0.6 is 11.6 Å². The van der Waals surface area contributed by atoms with Crippen LogP contribution in [0.25, 0.3) is 0 Å². The number of aryl methyl sites for hydroxylation is 1. The van der Waals surface area contributed by atoms with Gasteiger partial charge in [0.2, 0.25) is 21.8 Å². The van der Waals surface area contributed by atoms with Crippen molar-refractivity contribution in [2.45, 2.75) is 71.0 Å². The summed E-state index contributed by atoms with van der Waals surface area (Å²) in [5.41, 5.74) is 2.23. The highest BCUT2D eigenvalue weighted by Crippen LogP contribution is 2.22. The molecule has 0 radical (unpaired) electrons. The maximum atomic E-state index is 13.6. The van der Waals surface area contributed by atoms with E-state index in [9.17, 15) is 18.0 Å². The van der Waals surface area contributed by atoms with Crippen molar-refractivity contribution >= 4 is 39.1 Å². The van der Waals surface area contributed by atoms with Gasteiger partial charge in [0.25, 0.3) is 0 Å². The molecule has 2 aromatic carbocycles. The van der Waals surface area contributed by atoms with Gasteiger partial charge >= 0.3 is 0 Å². The number of carbonyl (C=O) groups excluding carboxylic acids is 2. The molecule has 0 saturated heterocycles. The summed E-state index contributed by atoms with van der Waals surface area (Å²) >= 11 is 6.16. The van der Waals surface area contributed by atoms with Crippen LogP contribution in [0, 0.1) is 0 Å². The van der Waals surface area contributed by atoms with Gasteiger partial charge in [-0.2, -0.15) is 0 Å². The van der Waals surface area contributed by atoms with E-state index in [4.69, 9.17) is 11.6 Å². The number of rotatable bonds is 10. The molecule has 7 nitrogen and oxygen atoms in total. The first-order valence-corrected chi connectivity index (χ1v) is 14.7. The molecule has 36 heavy (non-hydrogen) atoms. The van der Waals surface area contributed by atoms with Crippen LogP contribution in [0.1, 0.15) is 57.1 Å². The number of anilines is 1. The van der Waals surface area contributed by atoms with Gasteiger partial charge in [-0.25, -0.2) is 8.42 Å². The zero-order valence-electron chi connectivity index (χ0n) is 21.2. The monoisotopic (exact) mass is 533 g/mol. The van der Waals surface area contributed by atoms with Crippen LogP contribution in [0.3, 0.4) is 0 Å². The normalized spacial score (nSPS) is 15.2. The van der Waals surface area contributed by atoms with Crippen molar-refractivity contribution in [2.24, 2.45) is 0 Å². The summed E-state index contributed by atoms with van der Waals surface area (Å²) in [6.45, 7) is 3.42. The largest absolute Gasteiger partial charge is 0.352 e. The lowest BCUT2D eigenvalue weighted by atomic mass is 9.95. The number of carbonyl (C=O) groups is 2. The fraction of sp³-hybridized carbons (Fsp3) is 0.481. The second-order valence-corrected chi connectivity index (χ2v) is 11.8. The van der Waals surface area contributed by atoms with E-state index in [1.165, 1.54) is 11.3 Å². The first-order chi connectivity index (χ1) is 17.1. The maximum Gasteiger partial charge on any atom is 0.244 e. The average molecular weight is 534 g/mol. The van der Waals surface area contributed by atoms with Gasteiger partial charge in [0.1, 0.15) is 12.6 Å². The molecule has 1 atom stereocenters. The highest BCUT2D eigenvalue weighted by Gasteiger charge is 2.31. The fourth-order valence-corrected chi connectivity index (χ4v) is 5.56. The molecule has 1 saturated carbocycles. The van der Waals surface area contributed by atoms with Gasteiger partial charge in [0, 0.05) is 17.6 Å². The number of nitrogens with one attached hydrogen (secondary N) is 1. The number of sulfonamides is 1. The van der Waals surface area contributed by atoms with Crippen molar-refractivity contribution in [1.29, 1.82) is 0 Å². The summed E-state index contributed by atoms with van der Waals surface area (Å²) in [6, 6.07) is 13.5. The van der Waals surface area contributed by atoms with Crippen molar-refractivity contribution < 1.29 is 18.0 Å². The number of hydrogen-bond acceptors (Lipinski definition) is 4. The van der Waals surface area contributed by atoms with Gasteiger partial charge in [-0.15, -0.1) is 0 Å². The summed E-state index contributed by atoms with van der Waals surface area (Å²) in [7, 11) is -3.75. The molecule has 0 aliphatic heterocycles. The van der Waals surface area contributed by atoms with E-state index < -0.39 is 28.5 Å². The summed E-state index contributed by atoms with van der Waals surface area (Å²) in [5, 5.41) is 3.61. The Bertz CT molecular complexity index is 1150. The predicted octanol–water partition coefficient (Wildman–Crippen LogP) is 4.53. The number of nitrogens with zero attached hydrogens (tertiary/aromatic N) is 2. The fourth-order valence-electron chi connectivity index (χ4n) is 4.49. The Kier molecular flexibility index (Phi) is 9.79. The molecule has 0 aromatic heterocycles.